The molecule has 24 heavy (non-hydrogen) atoms. The van der Waals surface area contributed by atoms with Crippen molar-refractivity contribution in [1.82, 2.24) is 9.29 Å². The highest BCUT2D eigenvalue weighted by molar-refractivity contribution is 7.76. The lowest BCUT2D eigenvalue weighted by molar-refractivity contribution is 0.271. The number of nitrogens with zero attached hydrogens (tertiary/aromatic N) is 2. The van der Waals surface area contributed by atoms with E-state index in [0.717, 1.165) is 31.2 Å². The van der Waals surface area contributed by atoms with Crippen LogP contribution in [-0.2, 0) is 11.3 Å². The van der Waals surface area contributed by atoms with Crippen LogP contribution in [0.2, 0.25) is 5.02 Å². The summed E-state index contributed by atoms with van der Waals surface area (Å²) in [5.74, 6) is 0.460. The molecule has 0 bridgehead atoms. The predicted molar refractivity (Wildman–Crippen MR) is 96.4 cm³/mol. The lowest BCUT2D eigenvalue weighted by Gasteiger charge is -2.30. The third-order valence-corrected chi connectivity index (χ3v) is 5.64. The summed E-state index contributed by atoms with van der Waals surface area (Å²) in [7, 11) is 0. The molecule has 0 amide bonds. The van der Waals surface area contributed by atoms with Crippen LogP contribution in [0.1, 0.15) is 32.6 Å². The molecule has 132 valence electrons. The molecular formula is C16H22ClN3O3S. The molecule has 1 aromatic heterocycles. The molecule has 1 unspecified atom stereocenters. The molecule has 1 atom stereocenters. The molecule has 0 spiro atoms. The number of rotatable bonds is 6. The molecule has 1 saturated carbocycles. The number of oxazole rings is 1. The Hall–Kier alpha value is -1.15. The number of hydrogen-bond acceptors (Lipinski definition) is 4. The van der Waals surface area contributed by atoms with Crippen molar-refractivity contribution in [1.29, 1.82) is 0 Å². The van der Waals surface area contributed by atoms with Gasteiger partial charge in [0.15, 0.2) is 5.58 Å². The van der Waals surface area contributed by atoms with Crippen LogP contribution in [0.5, 0.6) is 0 Å². The monoisotopic (exact) mass is 371 g/mol. The number of fused-ring (bicyclic) bond motifs is 1. The Morgan fingerprint density at radius 2 is 2.17 bits per heavy atom. The van der Waals surface area contributed by atoms with Crippen molar-refractivity contribution in [3.63, 3.8) is 0 Å². The van der Waals surface area contributed by atoms with Crippen LogP contribution in [0.15, 0.2) is 22.6 Å². The van der Waals surface area contributed by atoms with E-state index >= 15 is 0 Å². The van der Waals surface area contributed by atoms with E-state index in [0.29, 0.717) is 41.7 Å². The summed E-state index contributed by atoms with van der Waals surface area (Å²) in [5.41, 5.74) is 1.47. The summed E-state index contributed by atoms with van der Waals surface area (Å²) < 4.78 is 27.8. The van der Waals surface area contributed by atoms with Gasteiger partial charge in [-0.05, 0) is 43.7 Å². The van der Waals surface area contributed by atoms with E-state index in [2.05, 4.69) is 10.3 Å². The molecule has 0 radical (unpaired) electrons. The Balaban J connectivity index is 1.53. The van der Waals surface area contributed by atoms with Gasteiger partial charge in [-0.1, -0.05) is 18.5 Å². The Kier molecular flexibility index (Phi) is 5.76. The van der Waals surface area contributed by atoms with Crippen LogP contribution < -0.4 is 5.32 Å². The molecular weight excluding hydrogens is 350 g/mol. The number of aromatic nitrogens is 1. The van der Waals surface area contributed by atoms with E-state index in [4.69, 9.17) is 16.0 Å². The molecule has 0 aliphatic heterocycles. The second-order valence-electron chi connectivity index (χ2n) is 6.20. The van der Waals surface area contributed by atoms with Crippen LogP contribution in [-0.4, -0.2) is 37.2 Å². The summed E-state index contributed by atoms with van der Waals surface area (Å²) in [5, 5.41) is 3.99. The van der Waals surface area contributed by atoms with Crippen molar-refractivity contribution >= 4 is 40.0 Å². The van der Waals surface area contributed by atoms with Crippen LogP contribution in [0, 0.1) is 5.92 Å². The Morgan fingerprint density at radius 3 is 2.83 bits per heavy atom. The van der Waals surface area contributed by atoms with E-state index in [-0.39, 0.29) is 0 Å². The first-order valence-corrected chi connectivity index (χ1v) is 9.68. The molecule has 1 heterocycles. The van der Waals surface area contributed by atoms with Crippen LogP contribution >= 0.6 is 11.6 Å². The van der Waals surface area contributed by atoms with E-state index in [1.807, 2.05) is 13.0 Å². The highest BCUT2D eigenvalue weighted by Gasteiger charge is 2.25. The van der Waals surface area contributed by atoms with Gasteiger partial charge in [0, 0.05) is 30.2 Å². The summed E-state index contributed by atoms with van der Waals surface area (Å²) >= 11 is 4.09. The van der Waals surface area contributed by atoms with E-state index in [1.54, 1.807) is 16.4 Å². The quantitative estimate of drug-likeness (QED) is 0.752. The van der Waals surface area contributed by atoms with Crippen molar-refractivity contribution in [2.75, 3.05) is 18.4 Å². The van der Waals surface area contributed by atoms with Crippen molar-refractivity contribution < 1.29 is 13.2 Å². The van der Waals surface area contributed by atoms with Crippen molar-refractivity contribution in [2.24, 2.45) is 5.92 Å². The van der Waals surface area contributed by atoms with Gasteiger partial charge in [-0.15, -0.1) is 0 Å². The topological polar surface area (TPSA) is 78.6 Å². The lowest BCUT2D eigenvalue weighted by atomic mass is 9.86. The van der Waals surface area contributed by atoms with Gasteiger partial charge in [-0.2, -0.15) is 4.98 Å². The zero-order valence-corrected chi connectivity index (χ0v) is 15.1. The zero-order chi connectivity index (χ0) is 17.1. The number of benzene rings is 1. The van der Waals surface area contributed by atoms with E-state index < -0.39 is 11.3 Å². The lowest BCUT2D eigenvalue weighted by Crippen LogP contribution is -2.35. The maximum absolute atomic E-state index is 11.2. The van der Waals surface area contributed by atoms with Gasteiger partial charge in [-0.3, -0.25) is 4.55 Å². The van der Waals surface area contributed by atoms with Crippen molar-refractivity contribution in [3.8, 4) is 0 Å². The van der Waals surface area contributed by atoms with Crippen LogP contribution in [0.3, 0.4) is 0 Å². The number of hydrogen-bond donors (Lipinski definition) is 2. The SMILES string of the molecule is CCN(CC1CCC(Nc2nc3ccc(Cl)cc3o2)CC1)S(=O)O. The Bertz CT molecular complexity index is 716. The molecule has 2 aromatic rings. The van der Waals surface area contributed by atoms with Crippen molar-refractivity contribution in [3.05, 3.63) is 23.2 Å². The Labute approximate surface area is 149 Å². The fourth-order valence-corrected chi connectivity index (χ4v) is 3.94. The fraction of sp³-hybridized carbons (Fsp3) is 0.562. The molecule has 3 rings (SSSR count). The molecule has 1 aromatic carbocycles. The van der Waals surface area contributed by atoms with Gasteiger partial charge in [0.1, 0.15) is 5.52 Å². The molecule has 1 fully saturated rings. The third kappa shape index (κ3) is 4.27. The standard InChI is InChI=1S/C16H22ClN3O3S/c1-2-20(24(21)22)10-11-3-6-13(7-4-11)18-16-19-14-8-5-12(17)9-15(14)23-16/h5,8-9,11,13H,2-4,6-7,10H2,1H3,(H,18,19)(H,21,22). The average Bonchev–Trinajstić information content (AvgIpc) is 2.95. The van der Waals surface area contributed by atoms with Crippen LogP contribution in [0.4, 0.5) is 6.01 Å². The molecule has 1 aliphatic carbocycles. The first kappa shape index (κ1) is 17.7. The van der Waals surface area contributed by atoms with Gasteiger partial charge in [0.25, 0.3) is 6.01 Å². The number of nitrogens with one attached hydrogen (secondary N) is 1. The fourth-order valence-electron chi connectivity index (χ4n) is 3.22. The van der Waals surface area contributed by atoms with E-state index in [1.165, 1.54) is 0 Å². The first-order chi connectivity index (χ1) is 11.5. The summed E-state index contributed by atoms with van der Waals surface area (Å²) in [6.07, 6.45) is 4.05. The largest absolute Gasteiger partial charge is 0.423 e. The Morgan fingerprint density at radius 1 is 1.42 bits per heavy atom. The minimum absolute atomic E-state index is 0.319. The van der Waals surface area contributed by atoms with Gasteiger partial charge in [-0.25, -0.2) is 8.51 Å². The molecule has 0 saturated heterocycles. The number of halogens is 1. The van der Waals surface area contributed by atoms with Crippen LogP contribution in [0.25, 0.3) is 11.1 Å². The number of anilines is 1. The van der Waals surface area contributed by atoms with Gasteiger partial charge in [0.05, 0.1) is 0 Å². The highest BCUT2D eigenvalue weighted by Crippen LogP contribution is 2.29. The van der Waals surface area contributed by atoms with Gasteiger partial charge in [0.2, 0.25) is 11.3 Å². The smallest absolute Gasteiger partial charge is 0.295 e. The molecule has 6 nitrogen and oxygen atoms in total. The average molecular weight is 372 g/mol. The summed E-state index contributed by atoms with van der Waals surface area (Å²) in [4.78, 5) is 4.43. The maximum atomic E-state index is 11.2. The minimum Gasteiger partial charge on any atom is -0.423 e. The highest BCUT2D eigenvalue weighted by atomic mass is 35.5. The molecule has 1 aliphatic rings. The maximum Gasteiger partial charge on any atom is 0.295 e. The molecule has 8 heteroatoms. The third-order valence-electron chi connectivity index (χ3n) is 4.56. The van der Waals surface area contributed by atoms with Gasteiger partial charge < -0.3 is 9.73 Å². The van der Waals surface area contributed by atoms with Crippen molar-refractivity contribution in [2.45, 2.75) is 38.6 Å². The second-order valence-corrected chi connectivity index (χ2v) is 7.62. The predicted octanol–water partition coefficient (Wildman–Crippen LogP) is 3.91. The normalized spacial score (nSPS) is 22.8. The zero-order valence-electron chi connectivity index (χ0n) is 13.6. The van der Waals surface area contributed by atoms with E-state index in [9.17, 15) is 8.76 Å². The first-order valence-electron chi connectivity index (χ1n) is 8.23. The molecule has 2 N–H and O–H groups in total. The summed E-state index contributed by atoms with van der Waals surface area (Å²) in [6.45, 7) is 3.17. The van der Waals surface area contributed by atoms with Gasteiger partial charge >= 0.3 is 0 Å². The summed E-state index contributed by atoms with van der Waals surface area (Å²) in [6, 6.07) is 6.26. The minimum atomic E-state index is -1.87. The second kappa shape index (κ2) is 7.82.